The lowest BCUT2D eigenvalue weighted by Crippen LogP contribution is -2.13. The fourth-order valence-electron chi connectivity index (χ4n) is 0.303. The molecule has 11 heavy (non-hydrogen) atoms. The van der Waals surface area contributed by atoms with E-state index in [1.165, 1.54) is 0 Å². The van der Waals surface area contributed by atoms with Gasteiger partial charge in [-0.2, -0.15) is 4.89 Å². The van der Waals surface area contributed by atoms with E-state index in [0.717, 1.165) is 0 Å². The maximum Gasteiger partial charge on any atom is 0.353 e. The summed E-state index contributed by atoms with van der Waals surface area (Å²) < 4.78 is 0. The average Bonchev–Trinajstić information content (AvgIpc) is 1.82. The topological polar surface area (TPSA) is 72.8 Å². The molecule has 0 amide bonds. The van der Waals surface area contributed by atoms with Gasteiger partial charge in [-0.3, -0.25) is 9.68 Å². The van der Waals surface area contributed by atoms with E-state index in [0.29, 0.717) is 0 Å². The number of carbonyl (C=O) groups is 2. The van der Waals surface area contributed by atoms with Gasteiger partial charge in [0.2, 0.25) is 0 Å². The monoisotopic (exact) mass is 162 g/mol. The van der Waals surface area contributed by atoms with Crippen LogP contribution in [0.1, 0.15) is 20.3 Å². The lowest BCUT2D eigenvalue weighted by molar-refractivity contribution is -0.291. The minimum absolute atomic E-state index is 0.257. The smallest absolute Gasteiger partial charge is 0.353 e. The van der Waals surface area contributed by atoms with E-state index >= 15 is 0 Å². The second-order valence-electron chi connectivity index (χ2n) is 2.17. The number of rotatable bonds is 4. The van der Waals surface area contributed by atoms with Crippen molar-refractivity contribution in [2.75, 3.05) is 0 Å². The fraction of sp³-hybridized carbons (Fsp3) is 0.667. The highest BCUT2D eigenvalue weighted by Crippen LogP contribution is 1.92. The zero-order valence-electron chi connectivity index (χ0n) is 6.36. The molecule has 0 saturated heterocycles. The fourth-order valence-corrected chi connectivity index (χ4v) is 0.303. The van der Waals surface area contributed by atoms with Crippen molar-refractivity contribution in [3.63, 3.8) is 0 Å². The van der Waals surface area contributed by atoms with Crippen LogP contribution >= 0.6 is 0 Å². The summed E-state index contributed by atoms with van der Waals surface area (Å²) in [7, 11) is 0. The van der Waals surface area contributed by atoms with Gasteiger partial charge >= 0.3 is 11.9 Å². The Balaban J connectivity index is 3.46. The average molecular weight is 162 g/mol. The molecule has 0 aromatic rings. The predicted molar refractivity (Wildman–Crippen MR) is 34.6 cm³/mol. The summed E-state index contributed by atoms with van der Waals surface area (Å²) in [6, 6.07) is 0. The molecule has 0 rings (SSSR count). The first kappa shape index (κ1) is 9.90. The van der Waals surface area contributed by atoms with Gasteiger partial charge in [0.05, 0.1) is 6.10 Å². The molecule has 0 atom stereocenters. The maximum atomic E-state index is 10.4. The Bertz CT molecular complexity index is 151. The van der Waals surface area contributed by atoms with E-state index in [1.54, 1.807) is 13.8 Å². The summed E-state index contributed by atoms with van der Waals surface area (Å²) in [5.41, 5.74) is 0. The van der Waals surface area contributed by atoms with Gasteiger partial charge in [0.15, 0.2) is 0 Å². The Labute approximate surface area is 63.8 Å². The van der Waals surface area contributed by atoms with Crippen LogP contribution in [0.25, 0.3) is 0 Å². The Morgan fingerprint density at radius 1 is 1.45 bits per heavy atom. The van der Waals surface area contributed by atoms with Crippen LogP contribution < -0.4 is 0 Å². The summed E-state index contributed by atoms with van der Waals surface area (Å²) in [5, 5.41) is 8.09. The van der Waals surface area contributed by atoms with Crippen molar-refractivity contribution >= 4 is 11.9 Å². The van der Waals surface area contributed by atoms with Crippen molar-refractivity contribution in [3.05, 3.63) is 0 Å². The summed E-state index contributed by atoms with van der Waals surface area (Å²) >= 11 is 0. The van der Waals surface area contributed by atoms with Crippen LogP contribution in [0.3, 0.4) is 0 Å². The number of carboxylic acid groups (broad SMARTS) is 1. The van der Waals surface area contributed by atoms with Gasteiger partial charge in [0.25, 0.3) is 0 Å². The first-order valence-electron chi connectivity index (χ1n) is 3.10. The second-order valence-corrected chi connectivity index (χ2v) is 2.17. The largest absolute Gasteiger partial charge is 0.481 e. The van der Waals surface area contributed by atoms with Gasteiger partial charge in [-0.1, -0.05) is 0 Å². The Morgan fingerprint density at radius 2 is 2.00 bits per heavy atom. The first-order chi connectivity index (χ1) is 5.02. The van der Waals surface area contributed by atoms with E-state index < -0.39 is 18.4 Å². The number of aliphatic carboxylic acids is 1. The van der Waals surface area contributed by atoms with Gasteiger partial charge < -0.3 is 5.11 Å². The minimum atomic E-state index is -1.23. The van der Waals surface area contributed by atoms with E-state index in [9.17, 15) is 9.59 Å². The molecule has 0 saturated carbocycles. The van der Waals surface area contributed by atoms with Crippen molar-refractivity contribution in [3.8, 4) is 0 Å². The van der Waals surface area contributed by atoms with Crippen LogP contribution in [0.15, 0.2) is 0 Å². The molecule has 0 spiro atoms. The highest BCUT2D eigenvalue weighted by atomic mass is 17.2. The molecular formula is C6H10O5. The van der Waals surface area contributed by atoms with Crippen molar-refractivity contribution in [1.29, 1.82) is 0 Å². The van der Waals surface area contributed by atoms with Gasteiger partial charge in [-0.15, -0.1) is 0 Å². The van der Waals surface area contributed by atoms with E-state index in [2.05, 4.69) is 9.78 Å². The molecule has 0 radical (unpaired) electrons. The zero-order valence-corrected chi connectivity index (χ0v) is 6.36. The van der Waals surface area contributed by atoms with Crippen LogP contribution in [-0.4, -0.2) is 23.1 Å². The molecule has 0 fully saturated rings. The number of hydrogen-bond acceptors (Lipinski definition) is 4. The molecule has 0 aliphatic heterocycles. The molecule has 0 unspecified atom stereocenters. The van der Waals surface area contributed by atoms with Gasteiger partial charge in [0, 0.05) is 0 Å². The van der Waals surface area contributed by atoms with E-state index in [4.69, 9.17) is 5.11 Å². The quantitative estimate of drug-likeness (QED) is 0.366. The molecule has 5 heteroatoms. The van der Waals surface area contributed by atoms with Crippen LogP contribution in [0.4, 0.5) is 0 Å². The number of carbonyl (C=O) groups excluding carboxylic acids is 1. The minimum Gasteiger partial charge on any atom is -0.481 e. The van der Waals surface area contributed by atoms with Crippen molar-refractivity contribution in [2.24, 2.45) is 0 Å². The van der Waals surface area contributed by atoms with E-state index in [1.807, 2.05) is 0 Å². The molecule has 0 bridgehead atoms. The van der Waals surface area contributed by atoms with Crippen LogP contribution in [0.5, 0.6) is 0 Å². The summed E-state index contributed by atoms with van der Waals surface area (Å²) in [6.07, 6.45) is -0.931. The third-order valence-corrected chi connectivity index (χ3v) is 0.629. The van der Waals surface area contributed by atoms with Crippen molar-refractivity contribution < 1.29 is 24.5 Å². The Hall–Kier alpha value is -1.10. The van der Waals surface area contributed by atoms with Crippen LogP contribution in [0.2, 0.25) is 0 Å². The predicted octanol–water partition coefficient (Wildman–Crippen LogP) is 0.344. The Kier molecular flexibility index (Phi) is 4.21. The van der Waals surface area contributed by atoms with Crippen molar-refractivity contribution in [1.82, 2.24) is 0 Å². The molecule has 0 aliphatic carbocycles. The first-order valence-corrected chi connectivity index (χ1v) is 3.10. The summed E-state index contributed by atoms with van der Waals surface area (Å²) in [4.78, 5) is 28.8. The summed E-state index contributed by atoms with van der Waals surface area (Å²) in [5.74, 6) is -2.13. The molecule has 0 aromatic carbocycles. The third-order valence-electron chi connectivity index (χ3n) is 0.629. The molecule has 0 heterocycles. The molecule has 64 valence electrons. The standard InChI is InChI=1S/C6H10O5/c1-4(2)10-11-6(9)3-5(7)8/h4H,3H2,1-2H3,(H,7,8). The lowest BCUT2D eigenvalue weighted by atomic mass is 10.5. The Morgan fingerprint density at radius 3 is 2.36 bits per heavy atom. The SMILES string of the molecule is CC(C)OOC(=O)CC(=O)O. The molecule has 1 N–H and O–H groups in total. The van der Waals surface area contributed by atoms with Crippen LogP contribution in [0, 0.1) is 0 Å². The van der Waals surface area contributed by atoms with Crippen LogP contribution in [-0.2, 0) is 19.4 Å². The molecule has 5 nitrogen and oxygen atoms in total. The molecule has 0 aliphatic rings. The normalized spacial score (nSPS) is 9.73. The zero-order chi connectivity index (χ0) is 8.85. The molecule has 0 aromatic heterocycles. The highest BCUT2D eigenvalue weighted by molar-refractivity contribution is 5.89. The second kappa shape index (κ2) is 4.68. The highest BCUT2D eigenvalue weighted by Gasteiger charge is 2.10. The van der Waals surface area contributed by atoms with Gasteiger partial charge in [0.1, 0.15) is 6.42 Å². The lowest BCUT2D eigenvalue weighted by Gasteiger charge is -2.03. The number of carboxylic acids is 1. The van der Waals surface area contributed by atoms with Gasteiger partial charge in [-0.05, 0) is 13.8 Å². The van der Waals surface area contributed by atoms with Crippen molar-refractivity contribution in [2.45, 2.75) is 26.4 Å². The third kappa shape index (κ3) is 6.79. The van der Waals surface area contributed by atoms with Gasteiger partial charge in [-0.25, -0.2) is 4.79 Å². The summed E-state index contributed by atoms with van der Waals surface area (Å²) in [6.45, 7) is 3.32. The number of hydrogen-bond donors (Lipinski definition) is 1. The molecular weight excluding hydrogens is 152 g/mol. The maximum absolute atomic E-state index is 10.4. The van der Waals surface area contributed by atoms with E-state index in [-0.39, 0.29) is 6.10 Å².